The topological polar surface area (TPSA) is 99.3 Å². The van der Waals surface area contributed by atoms with Crippen LogP contribution in [0.5, 0.6) is 0 Å². The summed E-state index contributed by atoms with van der Waals surface area (Å²) in [7, 11) is -3.42. The van der Waals surface area contributed by atoms with Crippen molar-refractivity contribution in [3.63, 3.8) is 0 Å². The normalized spacial score (nSPS) is 19.5. The van der Waals surface area contributed by atoms with Crippen molar-refractivity contribution < 1.29 is 22.7 Å². The summed E-state index contributed by atoms with van der Waals surface area (Å²) in [6.07, 6.45) is 5.13. The number of amides is 2. The Morgan fingerprint density at radius 3 is 2.39 bits per heavy atom. The largest absolute Gasteiger partial charge is 0.374 e. The summed E-state index contributed by atoms with van der Waals surface area (Å²) in [4.78, 5) is 31.1. The van der Waals surface area contributed by atoms with Crippen molar-refractivity contribution in [2.45, 2.75) is 44.2 Å². The Labute approximate surface area is 243 Å². The molecular formula is C31H40N4O5S. The predicted octanol–water partition coefficient (Wildman–Crippen LogP) is 2.68. The van der Waals surface area contributed by atoms with Crippen LogP contribution in [-0.2, 0) is 36.4 Å². The van der Waals surface area contributed by atoms with Gasteiger partial charge in [-0.05, 0) is 43.0 Å². The molecule has 10 heteroatoms. The summed E-state index contributed by atoms with van der Waals surface area (Å²) < 4.78 is 32.6. The van der Waals surface area contributed by atoms with E-state index in [9.17, 15) is 18.0 Å². The first-order chi connectivity index (χ1) is 19.7. The molecule has 0 aromatic heterocycles. The Morgan fingerprint density at radius 1 is 1.02 bits per heavy atom. The number of anilines is 1. The molecule has 5 rings (SSSR count). The number of nitrogens with zero attached hydrogens (tertiary/aromatic N) is 3. The van der Waals surface area contributed by atoms with Crippen LogP contribution < -0.4 is 9.62 Å². The van der Waals surface area contributed by atoms with E-state index in [1.165, 1.54) is 10.6 Å². The molecule has 3 heterocycles. The minimum Gasteiger partial charge on any atom is -0.374 e. The molecule has 1 saturated heterocycles. The standard InChI is InChI=1S/C31H40N4O5S/c1-3-33-17-13-25(14-18-33)29(36)32-27(22-40-21-24-9-5-4-6-10-24)30(37)34-19-15-31(16-20-34)23-35(41(2,38)39)28-12-8-7-11-26(28)31/h4-13,27H,3,14-23H2,1-2H3,(H,32,36)/t27-/m1/s1. The quantitative estimate of drug-likeness (QED) is 0.490. The van der Waals surface area contributed by atoms with Gasteiger partial charge in [0.25, 0.3) is 0 Å². The van der Waals surface area contributed by atoms with Gasteiger partial charge in [0.05, 0.1) is 25.2 Å². The van der Waals surface area contributed by atoms with Gasteiger partial charge in [-0.2, -0.15) is 0 Å². The zero-order chi connectivity index (χ0) is 29.0. The molecule has 41 heavy (non-hydrogen) atoms. The van der Waals surface area contributed by atoms with Crippen molar-refractivity contribution in [2.75, 3.05) is 56.4 Å². The van der Waals surface area contributed by atoms with Gasteiger partial charge in [0.1, 0.15) is 6.04 Å². The van der Waals surface area contributed by atoms with Gasteiger partial charge in [0.15, 0.2) is 0 Å². The third-order valence-corrected chi connectivity index (χ3v) is 9.78. The maximum absolute atomic E-state index is 13.8. The second-order valence-electron chi connectivity index (χ2n) is 11.3. The first-order valence-corrected chi connectivity index (χ1v) is 16.2. The van der Waals surface area contributed by atoms with Crippen molar-refractivity contribution in [1.29, 1.82) is 0 Å². The summed E-state index contributed by atoms with van der Waals surface area (Å²) >= 11 is 0. The molecule has 3 aliphatic heterocycles. The number of piperidine rings is 1. The number of hydrogen-bond donors (Lipinski definition) is 1. The highest BCUT2D eigenvalue weighted by atomic mass is 32.2. The molecule has 2 amide bonds. The summed E-state index contributed by atoms with van der Waals surface area (Å²) in [5, 5.41) is 2.98. The molecule has 0 aliphatic carbocycles. The van der Waals surface area contributed by atoms with E-state index in [1.807, 2.05) is 60.7 Å². The Bertz CT molecular complexity index is 1390. The molecule has 0 radical (unpaired) electrons. The fourth-order valence-electron chi connectivity index (χ4n) is 6.18. The van der Waals surface area contributed by atoms with Crippen LogP contribution in [0.1, 0.15) is 37.3 Å². The van der Waals surface area contributed by atoms with Gasteiger partial charge < -0.3 is 15.0 Å². The third kappa shape index (κ3) is 6.50. The molecule has 0 saturated carbocycles. The van der Waals surface area contributed by atoms with Crippen LogP contribution in [0.4, 0.5) is 5.69 Å². The van der Waals surface area contributed by atoms with Crippen molar-refractivity contribution >= 4 is 27.5 Å². The van der Waals surface area contributed by atoms with Crippen LogP contribution in [0, 0.1) is 0 Å². The first-order valence-electron chi connectivity index (χ1n) is 14.4. The van der Waals surface area contributed by atoms with Crippen LogP contribution in [-0.4, -0.2) is 88.2 Å². The van der Waals surface area contributed by atoms with Crippen molar-refractivity contribution in [3.05, 3.63) is 77.4 Å². The number of benzene rings is 2. The second-order valence-corrected chi connectivity index (χ2v) is 13.2. The molecule has 1 atom stereocenters. The van der Waals surface area contributed by atoms with Crippen molar-refractivity contribution in [2.24, 2.45) is 0 Å². The van der Waals surface area contributed by atoms with Gasteiger partial charge in [-0.25, -0.2) is 8.42 Å². The Balaban J connectivity index is 1.28. The van der Waals surface area contributed by atoms with Gasteiger partial charge in [-0.3, -0.25) is 18.8 Å². The molecule has 9 nitrogen and oxygen atoms in total. The number of sulfonamides is 1. The lowest BCUT2D eigenvalue weighted by atomic mass is 9.74. The monoisotopic (exact) mass is 580 g/mol. The maximum Gasteiger partial charge on any atom is 0.247 e. The maximum atomic E-state index is 13.8. The fraction of sp³-hybridized carbons (Fsp3) is 0.484. The van der Waals surface area contributed by atoms with E-state index in [1.54, 1.807) is 4.90 Å². The number of likely N-dealkylation sites (tertiary alicyclic amines) is 1. The molecule has 1 spiro atoms. The smallest absolute Gasteiger partial charge is 0.247 e. The molecule has 0 unspecified atom stereocenters. The number of likely N-dealkylation sites (N-methyl/N-ethyl adjacent to an activating group) is 1. The number of hydrogen-bond acceptors (Lipinski definition) is 6. The van der Waals surface area contributed by atoms with E-state index in [4.69, 9.17) is 4.74 Å². The lowest BCUT2D eigenvalue weighted by Crippen LogP contribution is -2.55. The average molecular weight is 581 g/mol. The second kappa shape index (κ2) is 12.3. The molecule has 2 aromatic rings. The number of para-hydroxylation sites is 1. The molecule has 2 aromatic carbocycles. The third-order valence-electron chi connectivity index (χ3n) is 8.65. The van der Waals surface area contributed by atoms with Gasteiger partial charge in [-0.15, -0.1) is 0 Å². The van der Waals surface area contributed by atoms with E-state index in [0.717, 1.165) is 36.4 Å². The number of rotatable bonds is 9. The first kappa shape index (κ1) is 29.3. The number of ether oxygens (including phenoxy) is 1. The number of nitrogens with one attached hydrogen (secondary N) is 1. The van der Waals surface area contributed by atoms with E-state index in [-0.39, 0.29) is 23.8 Å². The fourth-order valence-corrected chi connectivity index (χ4v) is 7.18. The highest BCUT2D eigenvalue weighted by molar-refractivity contribution is 7.92. The molecule has 0 bridgehead atoms. The highest BCUT2D eigenvalue weighted by Gasteiger charge is 2.47. The summed E-state index contributed by atoms with van der Waals surface area (Å²) in [5.41, 5.74) is 3.12. The van der Waals surface area contributed by atoms with Crippen LogP contribution in [0.25, 0.3) is 0 Å². The van der Waals surface area contributed by atoms with Gasteiger partial charge in [-0.1, -0.05) is 61.5 Å². The zero-order valence-electron chi connectivity index (χ0n) is 23.9. The van der Waals surface area contributed by atoms with Gasteiger partial charge in [0.2, 0.25) is 21.8 Å². The summed E-state index contributed by atoms with van der Waals surface area (Å²) in [6.45, 7) is 6.33. The summed E-state index contributed by atoms with van der Waals surface area (Å²) in [5.74, 6) is -0.386. The van der Waals surface area contributed by atoms with Crippen molar-refractivity contribution in [3.8, 4) is 0 Å². The lowest BCUT2D eigenvalue weighted by molar-refractivity contribution is -0.139. The Morgan fingerprint density at radius 2 is 1.73 bits per heavy atom. The van der Waals surface area contributed by atoms with Crippen LogP contribution in [0.3, 0.4) is 0 Å². The zero-order valence-corrected chi connectivity index (χ0v) is 24.7. The van der Waals surface area contributed by atoms with Crippen LogP contribution in [0.15, 0.2) is 66.2 Å². The number of fused-ring (bicyclic) bond motifs is 2. The summed E-state index contributed by atoms with van der Waals surface area (Å²) in [6, 6.07) is 16.6. The minimum absolute atomic E-state index is 0.0696. The molecule has 1 N–H and O–H groups in total. The van der Waals surface area contributed by atoms with E-state index >= 15 is 0 Å². The predicted molar refractivity (Wildman–Crippen MR) is 159 cm³/mol. The molecule has 1 fully saturated rings. The number of carbonyl (C=O) groups is 2. The van der Waals surface area contributed by atoms with E-state index < -0.39 is 16.1 Å². The lowest BCUT2D eigenvalue weighted by Gasteiger charge is -2.41. The molecule has 220 valence electrons. The molecule has 3 aliphatic rings. The van der Waals surface area contributed by atoms with Gasteiger partial charge >= 0.3 is 0 Å². The highest BCUT2D eigenvalue weighted by Crippen LogP contribution is 2.47. The van der Waals surface area contributed by atoms with E-state index in [0.29, 0.717) is 51.1 Å². The number of carbonyl (C=O) groups excluding carboxylic acids is 2. The SMILES string of the molecule is CCN1CC=C(C(=O)N[C@H](COCc2ccccc2)C(=O)N2CCC3(CC2)CN(S(C)(=O)=O)c2ccccc23)CC1. The van der Waals surface area contributed by atoms with Gasteiger partial charge in [0, 0.05) is 43.7 Å². The van der Waals surface area contributed by atoms with E-state index in [2.05, 4.69) is 17.1 Å². The van der Waals surface area contributed by atoms with Crippen molar-refractivity contribution in [1.82, 2.24) is 15.1 Å². The average Bonchev–Trinajstić information content (AvgIpc) is 3.31. The van der Waals surface area contributed by atoms with Crippen LogP contribution in [0.2, 0.25) is 0 Å². The Kier molecular flexibility index (Phi) is 8.82. The minimum atomic E-state index is -3.42. The Hall–Kier alpha value is -3.21. The molecular weight excluding hydrogens is 540 g/mol. The van der Waals surface area contributed by atoms with Crippen LogP contribution >= 0.6 is 0 Å².